The number of unbranched alkanes of at least 4 members (excludes halogenated alkanes) is 2. The maximum atomic E-state index is 13.2. The normalized spacial score (nSPS) is 14.7. The highest BCUT2D eigenvalue weighted by Gasteiger charge is 2.29. The molecule has 0 unspecified atom stereocenters. The first kappa shape index (κ1) is 25.1. The summed E-state index contributed by atoms with van der Waals surface area (Å²) in [6.07, 6.45) is 4.35. The van der Waals surface area contributed by atoms with Gasteiger partial charge in [-0.05, 0) is 55.7 Å². The van der Waals surface area contributed by atoms with E-state index in [1.165, 1.54) is 24.3 Å². The molecule has 0 aromatic heterocycles. The highest BCUT2D eigenvalue weighted by atomic mass is 35.5. The Morgan fingerprint density at radius 2 is 1.70 bits per heavy atom. The first-order valence-corrected chi connectivity index (χ1v) is 13.1. The second-order valence-corrected chi connectivity index (χ2v) is 10.3. The van der Waals surface area contributed by atoms with E-state index < -0.39 is 10.0 Å². The lowest BCUT2D eigenvalue weighted by Crippen LogP contribution is -2.43. The van der Waals surface area contributed by atoms with Crippen LogP contribution in [0.15, 0.2) is 53.4 Å². The van der Waals surface area contributed by atoms with Gasteiger partial charge in [0.1, 0.15) is 0 Å². The molecule has 0 aliphatic carbocycles. The predicted octanol–water partition coefficient (Wildman–Crippen LogP) is 4.30. The summed E-state index contributed by atoms with van der Waals surface area (Å²) in [5, 5.41) is 3.42. The molecule has 0 atom stereocenters. The topological polar surface area (TPSA) is 95.6 Å². The summed E-state index contributed by atoms with van der Waals surface area (Å²) >= 11 is 5.85. The second kappa shape index (κ2) is 11.5. The summed E-state index contributed by atoms with van der Waals surface area (Å²) in [5.74, 6) is -0.310. The Labute approximate surface area is 200 Å². The number of amides is 2. The summed E-state index contributed by atoms with van der Waals surface area (Å²) in [7, 11) is -3.88. The molecule has 2 aromatic rings. The number of nitrogens with one attached hydrogen (secondary N) is 2. The molecular formula is C24H30ClN3O4S. The van der Waals surface area contributed by atoms with Gasteiger partial charge in [-0.15, -0.1) is 0 Å². The van der Waals surface area contributed by atoms with Crippen LogP contribution in [0.1, 0.15) is 49.4 Å². The third-order valence-corrected chi connectivity index (χ3v) is 7.39. The molecule has 2 amide bonds. The molecule has 9 heteroatoms. The van der Waals surface area contributed by atoms with Gasteiger partial charge in [0, 0.05) is 30.6 Å². The number of sulfonamides is 1. The lowest BCUT2D eigenvalue weighted by atomic mass is 9.95. The number of anilines is 1. The van der Waals surface area contributed by atoms with Gasteiger partial charge < -0.3 is 10.2 Å². The molecule has 0 saturated carbocycles. The summed E-state index contributed by atoms with van der Waals surface area (Å²) in [5.41, 5.74) is 0.491. The van der Waals surface area contributed by atoms with Gasteiger partial charge in [0.25, 0.3) is 15.9 Å². The zero-order chi connectivity index (χ0) is 23.8. The highest BCUT2D eigenvalue weighted by Crippen LogP contribution is 2.25. The Morgan fingerprint density at radius 1 is 1.03 bits per heavy atom. The number of carbonyl (C=O) groups excluding carboxylic acids is 2. The Kier molecular flexibility index (Phi) is 8.74. The van der Waals surface area contributed by atoms with Gasteiger partial charge >= 0.3 is 0 Å². The molecule has 2 aromatic carbocycles. The number of para-hydroxylation sites is 1. The summed E-state index contributed by atoms with van der Waals surface area (Å²) in [6, 6.07) is 12.4. The van der Waals surface area contributed by atoms with Crippen molar-refractivity contribution in [1.82, 2.24) is 10.2 Å². The van der Waals surface area contributed by atoms with Gasteiger partial charge in [0.2, 0.25) is 5.91 Å². The number of hydrogen-bond acceptors (Lipinski definition) is 4. The molecule has 3 rings (SSSR count). The molecule has 2 N–H and O–H groups in total. The molecule has 1 saturated heterocycles. The fourth-order valence-electron chi connectivity index (χ4n) is 3.82. The molecule has 0 spiro atoms. The number of benzene rings is 2. The van der Waals surface area contributed by atoms with Gasteiger partial charge in [0.05, 0.1) is 16.1 Å². The van der Waals surface area contributed by atoms with Gasteiger partial charge in [-0.1, -0.05) is 43.5 Å². The van der Waals surface area contributed by atoms with E-state index in [1.54, 1.807) is 29.2 Å². The van der Waals surface area contributed by atoms with Crippen LogP contribution < -0.4 is 10.0 Å². The van der Waals surface area contributed by atoms with Crippen molar-refractivity contribution >= 4 is 39.1 Å². The van der Waals surface area contributed by atoms with Gasteiger partial charge in [-0.3, -0.25) is 14.3 Å². The van der Waals surface area contributed by atoms with Crippen molar-refractivity contribution < 1.29 is 18.0 Å². The number of carbonyl (C=O) groups is 2. The highest BCUT2D eigenvalue weighted by molar-refractivity contribution is 7.92. The SMILES string of the molecule is CCCCCNC(=O)C1CCN(C(=O)c2ccccc2NS(=O)(=O)c2ccc(Cl)cc2)CC1. The van der Waals surface area contributed by atoms with E-state index in [9.17, 15) is 18.0 Å². The molecule has 33 heavy (non-hydrogen) atoms. The summed E-state index contributed by atoms with van der Waals surface area (Å²) in [6.45, 7) is 3.70. The van der Waals surface area contributed by atoms with E-state index in [-0.39, 0.29) is 33.9 Å². The van der Waals surface area contributed by atoms with Crippen LogP contribution in [0.3, 0.4) is 0 Å². The first-order valence-electron chi connectivity index (χ1n) is 11.3. The van der Waals surface area contributed by atoms with Crippen LogP contribution in [0.2, 0.25) is 5.02 Å². The van der Waals surface area contributed by atoms with Crippen molar-refractivity contribution in [3.05, 3.63) is 59.1 Å². The zero-order valence-corrected chi connectivity index (χ0v) is 20.3. The van der Waals surface area contributed by atoms with E-state index in [0.29, 0.717) is 37.5 Å². The lowest BCUT2D eigenvalue weighted by molar-refractivity contribution is -0.126. The van der Waals surface area contributed by atoms with Gasteiger partial charge in [-0.25, -0.2) is 8.42 Å². The quantitative estimate of drug-likeness (QED) is 0.511. The molecule has 1 heterocycles. The fourth-order valence-corrected chi connectivity index (χ4v) is 5.03. The molecule has 7 nitrogen and oxygen atoms in total. The minimum atomic E-state index is -3.88. The third-order valence-electron chi connectivity index (χ3n) is 5.76. The smallest absolute Gasteiger partial charge is 0.261 e. The van der Waals surface area contributed by atoms with Crippen molar-refractivity contribution in [1.29, 1.82) is 0 Å². The summed E-state index contributed by atoms with van der Waals surface area (Å²) in [4.78, 5) is 27.3. The number of likely N-dealkylation sites (tertiary alicyclic amines) is 1. The molecule has 0 bridgehead atoms. The minimum absolute atomic E-state index is 0.0503. The largest absolute Gasteiger partial charge is 0.356 e. The van der Waals surface area contributed by atoms with Crippen LogP contribution in [0.25, 0.3) is 0 Å². The Morgan fingerprint density at radius 3 is 2.36 bits per heavy atom. The number of piperidine rings is 1. The molecule has 1 aliphatic heterocycles. The minimum Gasteiger partial charge on any atom is -0.356 e. The van der Waals surface area contributed by atoms with E-state index in [4.69, 9.17) is 11.6 Å². The van der Waals surface area contributed by atoms with E-state index >= 15 is 0 Å². The zero-order valence-electron chi connectivity index (χ0n) is 18.7. The number of nitrogens with zero attached hydrogens (tertiary/aromatic N) is 1. The van der Waals surface area contributed by atoms with Crippen LogP contribution >= 0.6 is 11.6 Å². The average Bonchev–Trinajstić information content (AvgIpc) is 2.82. The van der Waals surface area contributed by atoms with Crippen LogP contribution in [-0.2, 0) is 14.8 Å². The maximum absolute atomic E-state index is 13.2. The van der Waals surface area contributed by atoms with Crippen LogP contribution in [-0.4, -0.2) is 44.8 Å². The molecule has 178 valence electrons. The summed E-state index contributed by atoms with van der Waals surface area (Å²) < 4.78 is 28.1. The predicted molar refractivity (Wildman–Crippen MR) is 130 cm³/mol. The fraction of sp³-hybridized carbons (Fsp3) is 0.417. The number of rotatable bonds is 9. The van der Waals surface area contributed by atoms with Crippen LogP contribution in [0, 0.1) is 5.92 Å². The van der Waals surface area contributed by atoms with Gasteiger partial charge in [0.15, 0.2) is 0 Å². The second-order valence-electron chi connectivity index (χ2n) is 8.17. The molecule has 0 radical (unpaired) electrons. The van der Waals surface area contributed by atoms with Gasteiger partial charge in [-0.2, -0.15) is 0 Å². The lowest BCUT2D eigenvalue weighted by Gasteiger charge is -2.32. The molecular weight excluding hydrogens is 462 g/mol. The Hall–Kier alpha value is -2.58. The number of halogens is 1. The van der Waals surface area contributed by atoms with Crippen LogP contribution in [0.4, 0.5) is 5.69 Å². The Balaban J connectivity index is 1.64. The average molecular weight is 492 g/mol. The maximum Gasteiger partial charge on any atom is 0.261 e. The van der Waals surface area contributed by atoms with E-state index in [1.807, 2.05) is 0 Å². The van der Waals surface area contributed by atoms with Crippen molar-refractivity contribution in [3.63, 3.8) is 0 Å². The van der Waals surface area contributed by atoms with E-state index in [0.717, 1.165) is 19.3 Å². The van der Waals surface area contributed by atoms with Crippen molar-refractivity contribution in [3.8, 4) is 0 Å². The first-order chi connectivity index (χ1) is 15.8. The molecule has 1 fully saturated rings. The van der Waals surface area contributed by atoms with Crippen molar-refractivity contribution in [2.75, 3.05) is 24.4 Å². The van der Waals surface area contributed by atoms with Crippen LogP contribution in [0.5, 0.6) is 0 Å². The van der Waals surface area contributed by atoms with Crippen molar-refractivity contribution in [2.24, 2.45) is 5.92 Å². The number of hydrogen-bond donors (Lipinski definition) is 2. The standard InChI is InChI=1S/C24H30ClN3O4S/c1-2-3-6-15-26-23(29)18-13-16-28(17-14-18)24(30)21-7-4-5-8-22(21)27-33(31,32)20-11-9-19(25)10-12-20/h4-5,7-12,18,27H,2-3,6,13-17H2,1H3,(H,26,29). The third kappa shape index (κ3) is 6.71. The van der Waals surface area contributed by atoms with E-state index in [2.05, 4.69) is 17.0 Å². The molecule has 1 aliphatic rings. The monoisotopic (exact) mass is 491 g/mol. The van der Waals surface area contributed by atoms with Crippen molar-refractivity contribution in [2.45, 2.75) is 43.9 Å². The Bertz CT molecular complexity index is 1070.